The highest BCUT2D eigenvalue weighted by atomic mass is 32.1. The molecule has 0 N–H and O–H groups in total. The van der Waals surface area contributed by atoms with Crippen molar-refractivity contribution in [2.45, 2.75) is 32.1 Å². The zero-order chi connectivity index (χ0) is 12.1. The van der Waals surface area contributed by atoms with Crippen molar-refractivity contribution >= 4 is 11.3 Å². The molecular weight excluding hydrogens is 234 g/mol. The molecule has 2 heterocycles. The van der Waals surface area contributed by atoms with Gasteiger partial charge in [0, 0.05) is 23.9 Å². The zero-order valence-corrected chi connectivity index (χ0v) is 11.4. The molecule has 0 saturated carbocycles. The van der Waals surface area contributed by atoms with Crippen LogP contribution < -0.4 is 0 Å². The molecule has 1 atom stereocenters. The Morgan fingerprint density at radius 3 is 2.88 bits per heavy atom. The molecule has 1 saturated heterocycles. The van der Waals surface area contributed by atoms with Gasteiger partial charge >= 0.3 is 0 Å². The van der Waals surface area contributed by atoms with Crippen molar-refractivity contribution in [2.75, 3.05) is 26.8 Å². The molecule has 0 radical (unpaired) electrons. The van der Waals surface area contributed by atoms with Crippen molar-refractivity contribution in [3.8, 4) is 0 Å². The van der Waals surface area contributed by atoms with E-state index in [2.05, 4.69) is 36.4 Å². The van der Waals surface area contributed by atoms with Crippen LogP contribution in [0.25, 0.3) is 0 Å². The minimum absolute atomic E-state index is 0.0198. The molecule has 0 bridgehead atoms. The van der Waals surface area contributed by atoms with Gasteiger partial charge in [0.25, 0.3) is 0 Å². The van der Waals surface area contributed by atoms with Crippen LogP contribution in [0.3, 0.4) is 0 Å². The Balaban J connectivity index is 1.69. The topological polar surface area (TPSA) is 21.7 Å². The van der Waals surface area contributed by atoms with E-state index in [1.807, 2.05) is 11.3 Å². The molecule has 0 aromatic carbocycles. The highest BCUT2D eigenvalue weighted by Gasteiger charge is 2.18. The number of likely N-dealkylation sites (N-methyl/N-ethyl adjacent to an activating group) is 1. The second-order valence-corrected chi connectivity index (χ2v) is 5.61. The van der Waals surface area contributed by atoms with Gasteiger partial charge in [-0.05, 0) is 31.8 Å². The Labute approximate surface area is 107 Å². The molecule has 0 amide bonds. The Morgan fingerprint density at radius 1 is 1.47 bits per heavy atom. The molecule has 1 fully saturated rings. The Kier molecular flexibility index (Phi) is 4.98. The second-order valence-electron chi connectivity index (χ2n) is 4.57. The summed E-state index contributed by atoms with van der Waals surface area (Å²) in [5.41, 5.74) is 0. The Morgan fingerprint density at radius 2 is 2.24 bits per heavy atom. The van der Waals surface area contributed by atoms with Gasteiger partial charge in [0.05, 0.1) is 13.2 Å². The first-order chi connectivity index (χ1) is 8.25. The molecule has 0 spiro atoms. The first kappa shape index (κ1) is 13.0. The molecule has 1 unspecified atom stereocenters. The molecule has 2 rings (SSSR count). The van der Waals surface area contributed by atoms with Crippen LogP contribution in [0.2, 0.25) is 0 Å². The molecule has 1 aromatic rings. The van der Waals surface area contributed by atoms with E-state index in [0.717, 1.165) is 32.6 Å². The third kappa shape index (κ3) is 4.07. The van der Waals surface area contributed by atoms with E-state index in [1.54, 1.807) is 0 Å². The van der Waals surface area contributed by atoms with Crippen LogP contribution in [-0.4, -0.2) is 44.0 Å². The number of rotatable bonds is 6. The summed E-state index contributed by atoms with van der Waals surface area (Å²) < 4.78 is 10.9. The van der Waals surface area contributed by atoms with Gasteiger partial charge in [-0.1, -0.05) is 6.07 Å². The molecule has 1 aromatic heterocycles. The van der Waals surface area contributed by atoms with Crippen molar-refractivity contribution in [3.05, 3.63) is 22.4 Å². The minimum Gasteiger partial charge on any atom is -0.350 e. The number of hydrogen-bond donors (Lipinski definition) is 0. The second kappa shape index (κ2) is 6.50. The standard InChI is InChI=1S/C13H21NO2S/c1-11(10-12-4-3-9-17-12)14(2)6-5-13-15-7-8-16-13/h3-4,9,11,13H,5-8,10H2,1-2H3. The maximum atomic E-state index is 5.44. The normalized spacial score (nSPS) is 19.0. The lowest BCUT2D eigenvalue weighted by Gasteiger charge is -2.25. The van der Waals surface area contributed by atoms with Crippen LogP contribution in [0, 0.1) is 0 Å². The summed E-state index contributed by atoms with van der Waals surface area (Å²) in [5.74, 6) is 0. The van der Waals surface area contributed by atoms with E-state index in [0.29, 0.717) is 6.04 Å². The average Bonchev–Trinajstić information content (AvgIpc) is 2.98. The molecule has 96 valence electrons. The van der Waals surface area contributed by atoms with Crippen LogP contribution >= 0.6 is 11.3 Å². The van der Waals surface area contributed by atoms with Gasteiger partial charge in [-0.3, -0.25) is 0 Å². The van der Waals surface area contributed by atoms with Crippen molar-refractivity contribution < 1.29 is 9.47 Å². The summed E-state index contributed by atoms with van der Waals surface area (Å²) in [6, 6.07) is 4.89. The Bertz CT molecular complexity index is 309. The van der Waals surface area contributed by atoms with Gasteiger partial charge in [-0.2, -0.15) is 0 Å². The lowest BCUT2D eigenvalue weighted by atomic mass is 10.2. The lowest BCUT2D eigenvalue weighted by molar-refractivity contribution is -0.0517. The van der Waals surface area contributed by atoms with E-state index >= 15 is 0 Å². The van der Waals surface area contributed by atoms with Gasteiger partial charge in [0.1, 0.15) is 0 Å². The van der Waals surface area contributed by atoms with E-state index in [-0.39, 0.29) is 6.29 Å². The van der Waals surface area contributed by atoms with E-state index < -0.39 is 0 Å². The van der Waals surface area contributed by atoms with Gasteiger partial charge < -0.3 is 14.4 Å². The van der Waals surface area contributed by atoms with Crippen LogP contribution in [-0.2, 0) is 15.9 Å². The van der Waals surface area contributed by atoms with Gasteiger partial charge in [-0.25, -0.2) is 0 Å². The van der Waals surface area contributed by atoms with Gasteiger partial charge in [0.15, 0.2) is 6.29 Å². The third-order valence-electron chi connectivity index (χ3n) is 3.24. The van der Waals surface area contributed by atoms with E-state index in [4.69, 9.17) is 9.47 Å². The van der Waals surface area contributed by atoms with Crippen molar-refractivity contribution in [1.29, 1.82) is 0 Å². The first-order valence-corrected chi connectivity index (χ1v) is 7.09. The maximum Gasteiger partial charge on any atom is 0.159 e. The monoisotopic (exact) mass is 255 g/mol. The largest absolute Gasteiger partial charge is 0.350 e. The fraction of sp³-hybridized carbons (Fsp3) is 0.692. The smallest absolute Gasteiger partial charge is 0.159 e. The number of nitrogens with zero attached hydrogens (tertiary/aromatic N) is 1. The molecule has 3 nitrogen and oxygen atoms in total. The molecule has 1 aliphatic heterocycles. The summed E-state index contributed by atoms with van der Waals surface area (Å²) in [6.45, 7) is 4.80. The van der Waals surface area contributed by atoms with Gasteiger partial charge in [0.2, 0.25) is 0 Å². The summed E-state index contributed by atoms with van der Waals surface area (Å²) in [5, 5.41) is 2.14. The number of thiophene rings is 1. The average molecular weight is 255 g/mol. The molecule has 1 aliphatic rings. The summed E-state index contributed by atoms with van der Waals surface area (Å²) in [6.07, 6.45) is 2.11. The fourth-order valence-corrected chi connectivity index (χ4v) is 2.81. The lowest BCUT2D eigenvalue weighted by Crippen LogP contribution is -2.33. The number of hydrogen-bond acceptors (Lipinski definition) is 4. The first-order valence-electron chi connectivity index (χ1n) is 6.21. The molecule has 17 heavy (non-hydrogen) atoms. The van der Waals surface area contributed by atoms with E-state index in [1.165, 1.54) is 4.88 Å². The summed E-state index contributed by atoms with van der Waals surface area (Å²) in [4.78, 5) is 3.84. The van der Waals surface area contributed by atoms with Crippen LogP contribution in [0.1, 0.15) is 18.2 Å². The number of ether oxygens (including phenoxy) is 2. The minimum atomic E-state index is 0.0198. The predicted octanol–water partition coefficient (Wildman–Crippen LogP) is 2.37. The third-order valence-corrected chi connectivity index (χ3v) is 4.14. The fourth-order valence-electron chi connectivity index (χ4n) is 1.98. The van der Waals surface area contributed by atoms with E-state index in [9.17, 15) is 0 Å². The SMILES string of the molecule is CC(Cc1cccs1)N(C)CCC1OCCO1. The summed E-state index contributed by atoms with van der Waals surface area (Å²) >= 11 is 1.84. The maximum absolute atomic E-state index is 5.44. The molecule has 4 heteroatoms. The van der Waals surface area contributed by atoms with Crippen molar-refractivity contribution in [3.63, 3.8) is 0 Å². The predicted molar refractivity (Wildman–Crippen MR) is 70.4 cm³/mol. The summed E-state index contributed by atoms with van der Waals surface area (Å²) in [7, 11) is 2.17. The van der Waals surface area contributed by atoms with Crippen molar-refractivity contribution in [2.24, 2.45) is 0 Å². The quantitative estimate of drug-likeness (QED) is 0.779. The van der Waals surface area contributed by atoms with Crippen molar-refractivity contribution in [1.82, 2.24) is 4.90 Å². The zero-order valence-electron chi connectivity index (χ0n) is 10.6. The molecular formula is C13H21NO2S. The molecule has 0 aliphatic carbocycles. The van der Waals surface area contributed by atoms with Gasteiger partial charge in [-0.15, -0.1) is 11.3 Å². The Hall–Kier alpha value is -0.420. The highest BCUT2D eigenvalue weighted by molar-refractivity contribution is 7.09. The highest BCUT2D eigenvalue weighted by Crippen LogP contribution is 2.15. The van der Waals surface area contributed by atoms with Crippen LogP contribution in [0.5, 0.6) is 0 Å². The van der Waals surface area contributed by atoms with Crippen LogP contribution in [0.4, 0.5) is 0 Å². The van der Waals surface area contributed by atoms with Crippen LogP contribution in [0.15, 0.2) is 17.5 Å².